The fraction of sp³-hybridized carbons (Fsp3) is 0.632. The molecule has 1 aromatic carbocycles. The van der Waals surface area contributed by atoms with Gasteiger partial charge in [-0.25, -0.2) is 4.99 Å². The summed E-state index contributed by atoms with van der Waals surface area (Å²) in [6.07, 6.45) is 3.92. The van der Waals surface area contributed by atoms with Crippen LogP contribution in [0.5, 0.6) is 0 Å². The number of hydrogen-bond acceptors (Lipinski definition) is 4. The van der Waals surface area contributed by atoms with E-state index < -0.39 is 0 Å². The van der Waals surface area contributed by atoms with Crippen molar-refractivity contribution in [3.05, 3.63) is 34.9 Å². The second kappa shape index (κ2) is 7.67. The second-order valence-electron chi connectivity index (χ2n) is 8.01. The number of rotatable bonds is 3. The van der Waals surface area contributed by atoms with Gasteiger partial charge in [-0.2, -0.15) is 0 Å². The Morgan fingerprint density at radius 2 is 2.21 bits per heavy atom. The van der Waals surface area contributed by atoms with Gasteiger partial charge in [0, 0.05) is 16.8 Å². The summed E-state index contributed by atoms with van der Waals surface area (Å²) < 4.78 is 0. The lowest BCUT2D eigenvalue weighted by atomic mass is 9.70. The highest BCUT2D eigenvalue weighted by Gasteiger charge is 2.35. The Morgan fingerprint density at radius 1 is 1.38 bits per heavy atom. The van der Waals surface area contributed by atoms with E-state index in [4.69, 9.17) is 16.6 Å². The van der Waals surface area contributed by atoms with Crippen LogP contribution in [0.3, 0.4) is 0 Å². The van der Waals surface area contributed by atoms with Crippen LogP contribution in [0.2, 0.25) is 5.02 Å². The zero-order chi connectivity index (χ0) is 17.2. The molecule has 2 atom stereocenters. The van der Waals surface area contributed by atoms with E-state index in [1.807, 2.05) is 18.2 Å². The van der Waals surface area contributed by atoms with Crippen molar-refractivity contribution in [2.24, 2.45) is 16.3 Å². The number of amidine groups is 1. The van der Waals surface area contributed by atoms with Crippen molar-refractivity contribution in [1.29, 1.82) is 0 Å². The Morgan fingerprint density at radius 3 is 2.88 bits per heavy atom. The molecule has 0 spiro atoms. The van der Waals surface area contributed by atoms with Crippen molar-refractivity contribution in [2.45, 2.75) is 51.8 Å². The molecule has 1 aliphatic heterocycles. The predicted molar refractivity (Wildman–Crippen MR) is 105 cm³/mol. The molecule has 3 rings (SSSR count). The molecule has 5 heteroatoms. The SMILES string of the molecule is CC1CC(N2CN=C(SCc3cccc(Cl)c3)NC2)CC(C)(C)C1. The van der Waals surface area contributed by atoms with Crippen LogP contribution in [0.25, 0.3) is 0 Å². The van der Waals surface area contributed by atoms with Crippen LogP contribution in [0.4, 0.5) is 0 Å². The summed E-state index contributed by atoms with van der Waals surface area (Å²) >= 11 is 7.81. The molecule has 24 heavy (non-hydrogen) atoms. The number of nitrogens with zero attached hydrogens (tertiary/aromatic N) is 2. The van der Waals surface area contributed by atoms with E-state index in [1.54, 1.807) is 11.8 Å². The van der Waals surface area contributed by atoms with E-state index >= 15 is 0 Å². The van der Waals surface area contributed by atoms with E-state index in [-0.39, 0.29) is 0 Å². The van der Waals surface area contributed by atoms with Gasteiger partial charge in [0.2, 0.25) is 0 Å². The van der Waals surface area contributed by atoms with Gasteiger partial charge in [0.05, 0.1) is 13.3 Å². The molecule has 0 aromatic heterocycles. The van der Waals surface area contributed by atoms with Crippen molar-refractivity contribution >= 4 is 28.5 Å². The normalized spacial score (nSPS) is 27.4. The minimum Gasteiger partial charge on any atom is -0.352 e. The van der Waals surface area contributed by atoms with Gasteiger partial charge < -0.3 is 5.32 Å². The van der Waals surface area contributed by atoms with Gasteiger partial charge in [-0.15, -0.1) is 0 Å². The largest absolute Gasteiger partial charge is 0.352 e. The Bertz CT molecular complexity index is 602. The average molecular weight is 366 g/mol. The Kier molecular flexibility index (Phi) is 5.78. The number of hydrogen-bond donors (Lipinski definition) is 1. The highest BCUT2D eigenvalue weighted by Crippen LogP contribution is 2.40. The van der Waals surface area contributed by atoms with Gasteiger partial charge >= 0.3 is 0 Å². The van der Waals surface area contributed by atoms with E-state index in [0.717, 1.165) is 35.2 Å². The molecule has 0 saturated heterocycles. The summed E-state index contributed by atoms with van der Waals surface area (Å²) in [5.41, 5.74) is 1.69. The van der Waals surface area contributed by atoms with Gasteiger partial charge in [-0.05, 0) is 48.3 Å². The van der Waals surface area contributed by atoms with E-state index in [0.29, 0.717) is 11.5 Å². The molecule has 1 N–H and O–H groups in total. The summed E-state index contributed by atoms with van der Waals surface area (Å²) in [6.45, 7) is 8.93. The van der Waals surface area contributed by atoms with Crippen molar-refractivity contribution in [3.63, 3.8) is 0 Å². The van der Waals surface area contributed by atoms with Crippen LogP contribution in [-0.2, 0) is 5.75 Å². The van der Waals surface area contributed by atoms with Gasteiger partial charge in [-0.1, -0.05) is 56.3 Å². The highest BCUT2D eigenvalue weighted by atomic mass is 35.5. The van der Waals surface area contributed by atoms with Crippen molar-refractivity contribution in [1.82, 2.24) is 10.2 Å². The van der Waals surface area contributed by atoms with E-state index in [1.165, 1.54) is 24.8 Å². The molecule has 1 fully saturated rings. The van der Waals surface area contributed by atoms with Gasteiger partial charge in [0.15, 0.2) is 5.17 Å². The summed E-state index contributed by atoms with van der Waals surface area (Å²) in [7, 11) is 0. The first-order valence-electron chi connectivity index (χ1n) is 8.81. The summed E-state index contributed by atoms with van der Waals surface area (Å²) in [5.74, 6) is 1.71. The number of nitrogens with one attached hydrogen (secondary N) is 1. The zero-order valence-corrected chi connectivity index (χ0v) is 16.5. The fourth-order valence-electron chi connectivity index (χ4n) is 4.12. The lowest BCUT2D eigenvalue weighted by molar-refractivity contribution is 0.0642. The number of thioether (sulfide) groups is 1. The Labute approximate surface area is 155 Å². The smallest absolute Gasteiger partial charge is 0.159 e. The highest BCUT2D eigenvalue weighted by molar-refractivity contribution is 8.13. The summed E-state index contributed by atoms with van der Waals surface area (Å²) in [4.78, 5) is 7.26. The maximum absolute atomic E-state index is 6.04. The van der Waals surface area contributed by atoms with Gasteiger partial charge in [0.25, 0.3) is 0 Å². The van der Waals surface area contributed by atoms with Crippen molar-refractivity contribution in [3.8, 4) is 0 Å². The molecule has 0 radical (unpaired) electrons. The third kappa shape index (κ3) is 4.90. The quantitative estimate of drug-likeness (QED) is 0.819. The third-order valence-corrected chi connectivity index (χ3v) is 6.23. The zero-order valence-electron chi connectivity index (χ0n) is 14.9. The molecule has 0 bridgehead atoms. The van der Waals surface area contributed by atoms with Crippen LogP contribution in [0.15, 0.2) is 29.3 Å². The topological polar surface area (TPSA) is 27.6 Å². The van der Waals surface area contributed by atoms with Gasteiger partial charge in [-0.3, -0.25) is 4.90 Å². The van der Waals surface area contributed by atoms with Crippen molar-refractivity contribution in [2.75, 3.05) is 13.3 Å². The Balaban J connectivity index is 1.52. The minimum absolute atomic E-state index is 0.452. The molecular weight excluding hydrogens is 338 g/mol. The second-order valence-corrected chi connectivity index (χ2v) is 9.41. The van der Waals surface area contributed by atoms with Crippen LogP contribution >= 0.6 is 23.4 Å². The van der Waals surface area contributed by atoms with Crippen LogP contribution in [0, 0.1) is 11.3 Å². The molecule has 1 heterocycles. The molecule has 3 nitrogen and oxygen atoms in total. The molecule has 2 unspecified atom stereocenters. The third-order valence-electron chi connectivity index (χ3n) is 4.97. The summed E-state index contributed by atoms with van der Waals surface area (Å²) in [6, 6.07) is 8.70. The fourth-order valence-corrected chi connectivity index (χ4v) is 5.14. The lowest BCUT2D eigenvalue weighted by Crippen LogP contribution is -2.50. The predicted octanol–water partition coefficient (Wildman–Crippen LogP) is 4.96. The average Bonchev–Trinajstić information content (AvgIpc) is 2.51. The van der Waals surface area contributed by atoms with Gasteiger partial charge in [0.1, 0.15) is 0 Å². The number of benzene rings is 1. The molecule has 132 valence electrons. The molecule has 2 aliphatic rings. The molecule has 0 amide bonds. The minimum atomic E-state index is 0.452. The monoisotopic (exact) mass is 365 g/mol. The maximum Gasteiger partial charge on any atom is 0.159 e. The number of halogens is 1. The molecule has 1 aliphatic carbocycles. The van der Waals surface area contributed by atoms with Crippen LogP contribution < -0.4 is 5.32 Å². The molecule has 1 aromatic rings. The number of aliphatic imine (C=N–C) groups is 1. The van der Waals surface area contributed by atoms with Crippen molar-refractivity contribution < 1.29 is 0 Å². The lowest BCUT2D eigenvalue weighted by Gasteiger charge is -2.44. The van der Waals surface area contributed by atoms with E-state index in [2.05, 4.69) is 37.1 Å². The standard InChI is InChI=1S/C19H28ClN3S/c1-14-7-17(10-19(2,3)9-14)23-12-21-18(22-13-23)24-11-15-5-4-6-16(20)8-15/h4-6,8,14,17H,7,9-13H2,1-3H3,(H,21,22). The summed E-state index contributed by atoms with van der Waals surface area (Å²) in [5, 5.41) is 5.35. The maximum atomic E-state index is 6.04. The van der Waals surface area contributed by atoms with E-state index in [9.17, 15) is 0 Å². The molecule has 1 saturated carbocycles. The Hall–Kier alpha value is -0.710. The first-order valence-corrected chi connectivity index (χ1v) is 10.2. The molecular formula is C19H28ClN3S. The first kappa shape index (κ1) is 18.1. The first-order chi connectivity index (χ1) is 11.4. The van der Waals surface area contributed by atoms with Crippen LogP contribution in [-0.4, -0.2) is 29.4 Å². The van der Waals surface area contributed by atoms with Crippen LogP contribution in [0.1, 0.15) is 45.6 Å².